The van der Waals surface area contributed by atoms with Gasteiger partial charge in [0.2, 0.25) is 8.32 Å². The van der Waals surface area contributed by atoms with E-state index in [1.807, 2.05) is 33.8 Å². The summed E-state index contributed by atoms with van der Waals surface area (Å²) >= 11 is 0. The fraction of sp³-hybridized carbons (Fsp3) is 0.792. The van der Waals surface area contributed by atoms with Gasteiger partial charge in [-0.1, -0.05) is 26.8 Å². The van der Waals surface area contributed by atoms with E-state index in [2.05, 4.69) is 39.3 Å². The van der Waals surface area contributed by atoms with Gasteiger partial charge in [0.1, 0.15) is 11.6 Å². The van der Waals surface area contributed by atoms with Crippen LogP contribution in [-0.4, -0.2) is 84.6 Å². The topological polar surface area (TPSA) is 101 Å². The molecule has 0 aromatic heterocycles. The molecule has 0 aromatic carbocycles. The summed E-state index contributed by atoms with van der Waals surface area (Å²) in [4.78, 5) is 47.4. The molecule has 0 unspecified atom stereocenters. The smallest absolute Gasteiger partial charge is 0.410 e. The Morgan fingerprint density at radius 1 is 1.17 bits per heavy atom. The summed E-state index contributed by atoms with van der Waals surface area (Å²) < 4.78 is 11.8. The van der Waals surface area contributed by atoms with Crippen LogP contribution in [0.4, 0.5) is 9.59 Å². The molecule has 2 bridgehead atoms. The SMILES string of the molecule is CC1=C[C@@H]2CN(C(=O)N2O[Si](C)(C)C(C)(C)C)[C@@H]1C(=O)NOC[C@@H]1CCCN1C(=O)OC(C)(C)C. The van der Waals surface area contributed by atoms with Crippen molar-refractivity contribution in [2.24, 2.45) is 0 Å². The van der Waals surface area contributed by atoms with Crippen LogP contribution in [0.15, 0.2) is 11.6 Å². The Morgan fingerprint density at radius 3 is 2.43 bits per heavy atom. The molecule has 11 heteroatoms. The monoisotopic (exact) mass is 510 g/mol. The molecule has 198 valence electrons. The lowest BCUT2D eigenvalue weighted by Crippen LogP contribution is -2.51. The second-order valence-corrected chi connectivity index (χ2v) is 16.9. The van der Waals surface area contributed by atoms with Crippen LogP contribution in [0.3, 0.4) is 0 Å². The van der Waals surface area contributed by atoms with E-state index < -0.39 is 25.9 Å². The van der Waals surface area contributed by atoms with Gasteiger partial charge in [0, 0.05) is 6.54 Å². The van der Waals surface area contributed by atoms with E-state index in [1.165, 1.54) is 9.96 Å². The first-order valence-corrected chi connectivity index (χ1v) is 15.3. The van der Waals surface area contributed by atoms with Gasteiger partial charge in [-0.25, -0.2) is 20.1 Å². The van der Waals surface area contributed by atoms with Crippen LogP contribution in [0.1, 0.15) is 61.3 Å². The molecule has 0 aliphatic carbocycles. The van der Waals surface area contributed by atoms with Crippen LogP contribution < -0.4 is 5.48 Å². The fourth-order valence-corrected chi connectivity index (χ4v) is 5.25. The molecule has 3 aliphatic heterocycles. The van der Waals surface area contributed by atoms with Crippen LogP contribution in [0, 0.1) is 0 Å². The van der Waals surface area contributed by atoms with Gasteiger partial charge < -0.3 is 19.1 Å². The zero-order chi connectivity index (χ0) is 26.3. The zero-order valence-electron chi connectivity index (χ0n) is 22.6. The number of hydroxylamine groups is 3. The minimum absolute atomic E-state index is 0.0594. The van der Waals surface area contributed by atoms with Crippen molar-refractivity contribution in [2.45, 2.75) is 103 Å². The van der Waals surface area contributed by atoms with Crippen molar-refractivity contribution in [1.29, 1.82) is 0 Å². The van der Waals surface area contributed by atoms with Crippen molar-refractivity contribution >= 4 is 26.3 Å². The van der Waals surface area contributed by atoms with E-state index in [1.54, 1.807) is 4.90 Å². The zero-order valence-corrected chi connectivity index (χ0v) is 23.6. The van der Waals surface area contributed by atoms with Gasteiger partial charge in [-0.2, -0.15) is 0 Å². The molecule has 0 aromatic rings. The summed E-state index contributed by atoms with van der Waals surface area (Å²) in [6.07, 6.45) is 3.17. The van der Waals surface area contributed by atoms with Crippen LogP contribution in [0.5, 0.6) is 0 Å². The lowest BCUT2D eigenvalue weighted by atomic mass is 10.0. The molecule has 3 heterocycles. The van der Waals surface area contributed by atoms with Gasteiger partial charge in [-0.3, -0.25) is 9.63 Å². The Morgan fingerprint density at radius 2 is 1.83 bits per heavy atom. The number of nitrogens with zero attached hydrogens (tertiary/aromatic N) is 3. The van der Waals surface area contributed by atoms with E-state index in [-0.39, 0.29) is 35.9 Å². The molecule has 2 saturated heterocycles. The average Bonchev–Trinajstić information content (AvgIpc) is 3.25. The number of hydrogen-bond donors (Lipinski definition) is 1. The van der Waals surface area contributed by atoms with Gasteiger partial charge in [0.15, 0.2) is 0 Å². The number of rotatable bonds is 6. The molecule has 0 saturated carbocycles. The number of hydrogen-bond acceptors (Lipinski definition) is 6. The molecule has 4 amide bonds. The van der Waals surface area contributed by atoms with Crippen molar-refractivity contribution in [3.8, 4) is 0 Å². The second-order valence-electron chi connectivity index (χ2n) is 12.2. The normalized spacial score (nSPS) is 25.2. The molecule has 2 fully saturated rings. The first-order valence-electron chi connectivity index (χ1n) is 12.4. The third-order valence-corrected chi connectivity index (χ3v) is 11.4. The highest BCUT2D eigenvalue weighted by molar-refractivity contribution is 6.74. The molecule has 0 spiro atoms. The first-order chi connectivity index (χ1) is 16.0. The number of likely N-dealkylation sites (tertiary alicyclic amines) is 1. The summed E-state index contributed by atoms with van der Waals surface area (Å²) in [6.45, 7) is 19.0. The highest BCUT2D eigenvalue weighted by atomic mass is 28.4. The number of carbonyl (C=O) groups excluding carboxylic acids is 3. The molecule has 3 aliphatic rings. The maximum absolute atomic E-state index is 13.2. The van der Waals surface area contributed by atoms with Crippen LogP contribution in [0.25, 0.3) is 0 Å². The van der Waals surface area contributed by atoms with Crippen LogP contribution >= 0.6 is 0 Å². The standard InChI is InChI=1S/C24H42N4O6Si/c1-16-13-18-14-27(21(30)28(18)34-35(8,9)24(5,6)7)19(16)20(29)25-32-15-17-11-10-12-26(17)22(31)33-23(2,3)4/h13,17-19H,10-12,14-15H2,1-9H3,(H,25,29)/t17-,18+,19-/m0/s1. The summed E-state index contributed by atoms with van der Waals surface area (Å²) in [6, 6.07) is -1.47. The Bertz CT molecular complexity index is 878. The van der Waals surface area contributed by atoms with Crippen molar-refractivity contribution in [3.05, 3.63) is 11.6 Å². The summed E-state index contributed by atoms with van der Waals surface area (Å²) in [7, 11) is -2.23. The first kappa shape index (κ1) is 27.5. The van der Waals surface area contributed by atoms with Crippen LogP contribution in [-0.2, 0) is 18.9 Å². The molecular weight excluding hydrogens is 468 g/mol. The van der Waals surface area contributed by atoms with Gasteiger partial charge in [0.25, 0.3) is 5.91 Å². The van der Waals surface area contributed by atoms with Crippen molar-refractivity contribution in [1.82, 2.24) is 20.3 Å². The van der Waals surface area contributed by atoms with Crippen molar-refractivity contribution < 1.29 is 28.5 Å². The minimum Gasteiger partial charge on any atom is -0.444 e. The predicted octanol–water partition coefficient (Wildman–Crippen LogP) is 3.81. The Hall–Kier alpha value is -2.11. The Labute approximate surface area is 209 Å². The number of urea groups is 1. The maximum Gasteiger partial charge on any atom is 0.410 e. The third kappa shape index (κ3) is 6.00. The molecule has 0 radical (unpaired) electrons. The lowest BCUT2D eigenvalue weighted by molar-refractivity contribution is -0.138. The Kier molecular flexibility index (Phi) is 7.65. The largest absolute Gasteiger partial charge is 0.444 e. The molecule has 35 heavy (non-hydrogen) atoms. The van der Waals surface area contributed by atoms with Crippen molar-refractivity contribution in [3.63, 3.8) is 0 Å². The highest BCUT2D eigenvalue weighted by Crippen LogP contribution is 2.39. The minimum atomic E-state index is -2.23. The molecular formula is C24H42N4O6Si. The molecule has 10 nitrogen and oxygen atoms in total. The van der Waals surface area contributed by atoms with E-state index in [0.717, 1.165) is 18.4 Å². The van der Waals surface area contributed by atoms with E-state index >= 15 is 0 Å². The summed E-state index contributed by atoms with van der Waals surface area (Å²) in [5.41, 5.74) is 2.70. The van der Waals surface area contributed by atoms with Gasteiger partial charge >= 0.3 is 12.1 Å². The fourth-order valence-electron chi connectivity index (χ4n) is 4.27. The molecule has 1 N–H and O–H groups in total. The lowest BCUT2D eigenvalue weighted by Gasteiger charge is -2.39. The number of nitrogens with one attached hydrogen (secondary N) is 1. The number of amides is 4. The number of carbonyl (C=O) groups is 3. The highest BCUT2D eigenvalue weighted by Gasteiger charge is 2.51. The van der Waals surface area contributed by atoms with Gasteiger partial charge in [-0.15, -0.1) is 0 Å². The second kappa shape index (κ2) is 9.74. The van der Waals surface area contributed by atoms with Crippen LogP contribution in [0.2, 0.25) is 18.1 Å². The summed E-state index contributed by atoms with van der Waals surface area (Å²) in [5, 5.41) is 1.39. The molecule has 3 rings (SSSR count). The Balaban J connectivity index is 1.58. The average molecular weight is 511 g/mol. The number of ether oxygens (including phenoxy) is 1. The molecule has 3 atom stereocenters. The van der Waals surface area contributed by atoms with Gasteiger partial charge in [-0.05, 0) is 64.2 Å². The quantitative estimate of drug-likeness (QED) is 0.331. The predicted molar refractivity (Wildman–Crippen MR) is 134 cm³/mol. The van der Waals surface area contributed by atoms with E-state index in [9.17, 15) is 14.4 Å². The maximum atomic E-state index is 13.2. The van der Waals surface area contributed by atoms with Gasteiger partial charge in [0.05, 0.1) is 25.2 Å². The number of fused-ring (bicyclic) bond motifs is 2. The van der Waals surface area contributed by atoms with Crippen molar-refractivity contribution in [2.75, 3.05) is 19.7 Å². The third-order valence-electron chi connectivity index (χ3n) is 7.15. The van der Waals surface area contributed by atoms with E-state index in [4.69, 9.17) is 14.1 Å². The summed E-state index contributed by atoms with van der Waals surface area (Å²) in [5.74, 6) is -0.415. The van der Waals surface area contributed by atoms with E-state index in [0.29, 0.717) is 13.1 Å².